The molecular formula is C21H23NO4. The van der Waals surface area contributed by atoms with E-state index in [0.29, 0.717) is 24.4 Å². The maximum absolute atomic E-state index is 12.9. The first-order valence-corrected chi connectivity index (χ1v) is 8.66. The number of Topliss-reactive ketones (excluding diaryl/α,β-unsaturated/α-hetero) is 1. The van der Waals surface area contributed by atoms with E-state index in [1.54, 1.807) is 6.07 Å². The van der Waals surface area contributed by atoms with Crippen LogP contribution in [0.1, 0.15) is 30.0 Å². The molecule has 0 saturated carbocycles. The highest BCUT2D eigenvalue weighted by Crippen LogP contribution is 2.42. The Morgan fingerprint density at radius 3 is 2.62 bits per heavy atom. The summed E-state index contributed by atoms with van der Waals surface area (Å²) in [6.07, 6.45) is -0.225. The number of ether oxygens (including phenoxy) is 1. The van der Waals surface area contributed by atoms with Crippen molar-refractivity contribution in [3.8, 4) is 5.75 Å². The third kappa shape index (κ3) is 3.22. The van der Waals surface area contributed by atoms with Crippen LogP contribution in [0.4, 0.5) is 5.69 Å². The van der Waals surface area contributed by atoms with Gasteiger partial charge in [0.25, 0.3) is 5.91 Å². The monoisotopic (exact) mass is 353 g/mol. The molecule has 1 atom stereocenters. The second-order valence-electron chi connectivity index (χ2n) is 6.83. The van der Waals surface area contributed by atoms with Gasteiger partial charge in [-0.2, -0.15) is 0 Å². The summed E-state index contributed by atoms with van der Waals surface area (Å²) >= 11 is 0. The molecule has 1 unspecified atom stereocenters. The number of para-hydroxylation sites is 1. The molecule has 5 heteroatoms. The summed E-state index contributed by atoms with van der Waals surface area (Å²) < 4.78 is 5.79. The smallest absolute Gasteiger partial charge is 0.264 e. The topological polar surface area (TPSA) is 66.8 Å². The van der Waals surface area contributed by atoms with Crippen molar-refractivity contribution in [1.82, 2.24) is 0 Å². The Hall–Kier alpha value is -2.66. The van der Waals surface area contributed by atoms with Gasteiger partial charge in [0, 0.05) is 12.0 Å². The Morgan fingerprint density at radius 2 is 1.92 bits per heavy atom. The van der Waals surface area contributed by atoms with Gasteiger partial charge in [0.2, 0.25) is 0 Å². The number of carbonyl (C=O) groups excluding carboxylic acids is 2. The molecule has 1 amide bonds. The molecule has 0 saturated heterocycles. The molecule has 26 heavy (non-hydrogen) atoms. The van der Waals surface area contributed by atoms with Gasteiger partial charge in [0.15, 0.2) is 5.60 Å². The highest BCUT2D eigenvalue weighted by molar-refractivity contribution is 6.08. The maximum Gasteiger partial charge on any atom is 0.264 e. The molecule has 0 bridgehead atoms. The average molecular weight is 353 g/mol. The molecule has 0 spiro atoms. The summed E-state index contributed by atoms with van der Waals surface area (Å²) in [4.78, 5) is 26.1. The van der Waals surface area contributed by atoms with Gasteiger partial charge in [0.1, 0.15) is 18.1 Å². The summed E-state index contributed by atoms with van der Waals surface area (Å²) in [6.45, 7) is 5.82. The Kier molecular flexibility index (Phi) is 4.83. The zero-order chi connectivity index (χ0) is 18.9. The van der Waals surface area contributed by atoms with Gasteiger partial charge >= 0.3 is 0 Å². The maximum atomic E-state index is 12.9. The Bertz CT molecular complexity index is 861. The zero-order valence-electron chi connectivity index (χ0n) is 15.3. The summed E-state index contributed by atoms with van der Waals surface area (Å²) in [6, 6.07) is 13.2. The van der Waals surface area contributed by atoms with E-state index in [9.17, 15) is 14.7 Å². The number of aliphatic hydroxyl groups is 1. The van der Waals surface area contributed by atoms with Crippen LogP contribution in [0.2, 0.25) is 0 Å². The van der Waals surface area contributed by atoms with Gasteiger partial charge in [-0.1, -0.05) is 35.9 Å². The quantitative estimate of drug-likeness (QED) is 0.867. The summed E-state index contributed by atoms with van der Waals surface area (Å²) in [5, 5.41) is 11.0. The molecule has 0 fully saturated rings. The van der Waals surface area contributed by atoms with Crippen LogP contribution >= 0.6 is 0 Å². The molecule has 1 aliphatic rings. The van der Waals surface area contributed by atoms with Crippen LogP contribution in [0.15, 0.2) is 42.5 Å². The van der Waals surface area contributed by atoms with Gasteiger partial charge in [0.05, 0.1) is 12.2 Å². The summed E-state index contributed by atoms with van der Waals surface area (Å²) in [5.74, 6) is 0.0651. The molecule has 1 aliphatic heterocycles. The highest BCUT2D eigenvalue weighted by Gasteiger charge is 2.50. The van der Waals surface area contributed by atoms with Gasteiger partial charge < -0.3 is 14.7 Å². The molecule has 136 valence electrons. The van der Waals surface area contributed by atoms with E-state index >= 15 is 0 Å². The number of carbonyl (C=O) groups is 2. The predicted octanol–water partition coefficient (Wildman–Crippen LogP) is 2.90. The summed E-state index contributed by atoms with van der Waals surface area (Å²) in [7, 11) is 0. The van der Waals surface area contributed by atoms with Crippen LogP contribution in [0, 0.1) is 13.8 Å². The van der Waals surface area contributed by atoms with Crippen molar-refractivity contribution >= 4 is 17.4 Å². The lowest BCUT2D eigenvalue weighted by molar-refractivity contribution is -0.141. The standard InChI is InChI=1S/C21H23NO4/c1-14-8-9-18-17(12-14)21(25,13-16(3)23)20(24)22(18)10-11-26-19-7-5-4-6-15(19)2/h4-9,12,25H,10-11,13H2,1-3H3. The molecular weight excluding hydrogens is 330 g/mol. The average Bonchev–Trinajstić information content (AvgIpc) is 2.77. The molecule has 0 radical (unpaired) electrons. The first-order chi connectivity index (χ1) is 12.3. The van der Waals surface area contributed by atoms with Crippen LogP contribution < -0.4 is 9.64 Å². The first kappa shape index (κ1) is 18.1. The predicted molar refractivity (Wildman–Crippen MR) is 99.4 cm³/mol. The Balaban J connectivity index is 1.83. The first-order valence-electron chi connectivity index (χ1n) is 8.66. The van der Waals surface area contributed by atoms with Crippen LogP contribution in [0.3, 0.4) is 0 Å². The fraction of sp³-hybridized carbons (Fsp3) is 0.333. The van der Waals surface area contributed by atoms with E-state index in [0.717, 1.165) is 16.9 Å². The van der Waals surface area contributed by atoms with Crippen LogP contribution in [0.5, 0.6) is 5.75 Å². The van der Waals surface area contributed by atoms with E-state index < -0.39 is 11.5 Å². The number of amides is 1. The second kappa shape index (κ2) is 6.92. The molecule has 1 heterocycles. The van der Waals surface area contributed by atoms with Gasteiger partial charge in [-0.15, -0.1) is 0 Å². The van der Waals surface area contributed by atoms with Crippen LogP contribution in [-0.2, 0) is 15.2 Å². The second-order valence-corrected chi connectivity index (χ2v) is 6.83. The third-order valence-corrected chi connectivity index (χ3v) is 4.66. The largest absolute Gasteiger partial charge is 0.491 e. The molecule has 3 rings (SSSR count). The van der Waals surface area contributed by atoms with Crippen LogP contribution in [-0.4, -0.2) is 29.9 Å². The molecule has 2 aromatic carbocycles. The zero-order valence-corrected chi connectivity index (χ0v) is 15.3. The van der Waals surface area contributed by atoms with E-state index in [4.69, 9.17) is 4.74 Å². The van der Waals surface area contributed by atoms with E-state index in [2.05, 4.69) is 0 Å². The summed E-state index contributed by atoms with van der Waals surface area (Å²) in [5.41, 5.74) is 1.28. The lowest BCUT2D eigenvalue weighted by atomic mass is 9.89. The highest BCUT2D eigenvalue weighted by atomic mass is 16.5. The number of hydrogen-bond donors (Lipinski definition) is 1. The van der Waals surface area contributed by atoms with Crippen molar-refractivity contribution in [3.05, 3.63) is 59.2 Å². The number of anilines is 1. The van der Waals surface area contributed by atoms with Crippen LogP contribution in [0.25, 0.3) is 0 Å². The Morgan fingerprint density at radius 1 is 1.19 bits per heavy atom. The number of ketones is 1. The molecule has 1 N–H and O–H groups in total. The fourth-order valence-electron chi connectivity index (χ4n) is 3.38. The van der Waals surface area contributed by atoms with E-state index in [1.165, 1.54) is 11.8 Å². The van der Waals surface area contributed by atoms with Crippen molar-refractivity contribution in [1.29, 1.82) is 0 Å². The number of aryl methyl sites for hydroxylation is 2. The van der Waals surface area contributed by atoms with Gasteiger partial charge in [-0.3, -0.25) is 9.59 Å². The number of benzene rings is 2. The minimum absolute atomic E-state index is 0.225. The minimum Gasteiger partial charge on any atom is -0.491 e. The molecule has 0 aromatic heterocycles. The normalized spacial score (nSPS) is 18.8. The SMILES string of the molecule is CC(=O)CC1(O)C(=O)N(CCOc2ccccc2C)c2ccc(C)cc21. The van der Waals surface area contributed by atoms with E-state index in [1.807, 2.05) is 50.2 Å². The molecule has 2 aromatic rings. The number of fused-ring (bicyclic) bond motifs is 1. The van der Waals surface area contributed by atoms with E-state index in [-0.39, 0.29) is 12.2 Å². The van der Waals surface area contributed by atoms with Gasteiger partial charge in [-0.05, 0) is 38.5 Å². The Labute approximate surface area is 153 Å². The van der Waals surface area contributed by atoms with Crippen molar-refractivity contribution in [2.75, 3.05) is 18.1 Å². The lowest BCUT2D eigenvalue weighted by Gasteiger charge is -2.22. The minimum atomic E-state index is -1.80. The van der Waals surface area contributed by atoms with Crippen molar-refractivity contribution in [2.45, 2.75) is 32.8 Å². The molecule has 5 nitrogen and oxygen atoms in total. The van der Waals surface area contributed by atoms with Gasteiger partial charge in [-0.25, -0.2) is 0 Å². The number of hydrogen-bond acceptors (Lipinski definition) is 4. The molecule has 0 aliphatic carbocycles. The van der Waals surface area contributed by atoms with Crippen molar-refractivity contribution in [3.63, 3.8) is 0 Å². The third-order valence-electron chi connectivity index (χ3n) is 4.66. The van der Waals surface area contributed by atoms with Crippen molar-refractivity contribution in [2.24, 2.45) is 0 Å². The van der Waals surface area contributed by atoms with Crippen molar-refractivity contribution < 1.29 is 19.4 Å². The fourth-order valence-corrected chi connectivity index (χ4v) is 3.38. The lowest BCUT2D eigenvalue weighted by Crippen LogP contribution is -2.43. The number of nitrogens with zero attached hydrogens (tertiary/aromatic N) is 1. The number of rotatable bonds is 6.